The van der Waals surface area contributed by atoms with Crippen molar-refractivity contribution in [1.82, 2.24) is 10.4 Å². The lowest BCUT2D eigenvalue weighted by Gasteiger charge is -2.19. The van der Waals surface area contributed by atoms with Gasteiger partial charge in [-0.3, -0.25) is 5.84 Å². The summed E-state index contributed by atoms with van der Waals surface area (Å²) in [6, 6.07) is 11.1. The van der Waals surface area contributed by atoms with Gasteiger partial charge >= 0.3 is 0 Å². The van der Waals surface area contributed by atoms with Crippen molar-refractivity contribution in [3.8, 4) is 5.75 Å². The van der Waals surface area contributed by atoms with Gasteiger partial charge in [-0.2, -0.15) is 0 Å². The molecular formula is C13H14ClN3O. The van der Waals surface area contributed by atoms with Crippen molar-refractivity contribution in [2.45, 2.75) is 6.04 Å². The van der Waals surface area contributed by atoms with Crippen molar-refractivity contribution in [3.63, 3.8) is 0 Å². The molecule has 0 aliphatic rings. The smallest absolute Gasteiger partial charge is 0.129 e. The van der Waals surface area contributed by atoms with Gasteiger partial charge in [0.15, 0.2) is 0 Å². The van der Waals surface area contributed by atoms with E-state index in [-0.39, 0.29) is 6.04 Å². The van der Waals surface area contributed by atoms with E-state index in [9.17, 15) is 0 Å². The zero-order chi connectivity index (χ0) is 13.0. The molecule has 0 fully saturated rings. The van der Waals surface area contributed by atoms with Gasteiger partial charge in [0.25, 0.3) is 0 Å². The Morgan fingerprint density at radius 3 is 2.67 bits per heavy atom. The van der Waals surface area contributed by atoms with Crippen LogP contribution in [0.5, 0.6) is 5.75 Å². The summed E-state index contributed by atoms with van der Waals surface area (Å²) in [4.78, 5) is 4.06. The minimum atomic E-state index is -0.189. The fourth-order valence-electron chi connectivity index (χ4n) is 1.83. The third-order valence-corrected chi connectivity index (χ3v) is 2.92. The van der Waals surface area contributed by atoms with E-state index in [4.69, 9.17) is 22.2 Å². The Balaban J connectivity index is 2.41. The zero-order valence-corrected chi connectivity index (χ0v) is 10.7. The van der Waals surface area contributed by atoms with Gasteiger partial charge in [0, 0.05) is 11.8 Å². The molecule has 1 heterocycles. The Labute approximate surface area is 111 Å². The van der Waals surface area contributed by atoms with Crippen LogP contribution in [-0.2, 0) is 0 Å². The number of nitrogens with two attached hydrogens (primary N) is 1. The number of halogens is 1. The molecule has 0 radical (unpaired) electrons. The van der Waals surface area contributed by atoms with Crippen LogP contribution in [0.4, 0.5) is 0 Å². The maximum atomic E-state index is 5.78. The first kappa shape index (κ1) is 12.8. The molecule has 0 spiro atoms. The lowest BCUT2D eigenvalue weighted by molar-refractivity contribution is 0.404. The lowest BCUT2D eigenvalue weighted by atomic mass is 10.00. The average molecular weight is 264 g/mol. The van der Waals surface area contributed by atoms with Crippen LogP contribution in [0.1, 0.15) is 17.2 Å². The molecule has 2 aromatic rings. The summed E-state index contributed by atoms with van der Waals surface area (Å²) in [6.07, 6.45) is 1.69. The number of benzene rings is 1. The number of ether oxygens (including phenoxy) is 1. The van der Waals surface area contributed by atoms with Gasteiger partial charge in [-0.05, 0) is 17.7 Å². The number of rotatable bonds is 4. The molecule has 1 unspecified atom stereocenters. The summed E-state index contributed by atoms with van der Waals surface area (Å²) in [5.41, 5.74) is 4.64. The predicted octanol–water partition coefficient (Wildman–Crippen LogP) is 2.30. The van der Waals surface area contributed by atoms with Crippen LogP contribution < -0.4 is 16.0 Å². The number of pyridine rings is 1. The summed E-state index contributed by atoms with van der Waals surface area (Å²) in [5.74, 6) is 6.41. The van der Waals surface area contributed by atoms with Crippen LogP contribution in [0.25, 0.3) is 0 Å². The van der Waals surface area contributed by atoms with Crippen LogP contribution >= 0.6 is 11.6 Å². The van der Waals surface area contributed by atoms with Gasteiger partial charge in [0.05, 0.1) is 13.2 Å². The molecule has 0 aliphatic carbocycles. The third-order valence-electron chi connectivity index (χ3n) is 2.70. The maximum absolute atomic E-state index is 5.78. The minimum absolute atomic E-state index is 0.189. The number of para-hydroxylation sites is 1. The fraction of sp³-hybridized carbons (Fsp3) is 0.154. The molecule has 94 valence electrons. The standard InChI is InChI=1S/C13H14ClN3O/c1-18-11-5-3-2-4-10(11)13(17-15)9-6-7-12(14)16-8-9/h2-8,13,17H,15H2,1H3. The largest absolute Gasteiger partial charge is 0.496 e. The van der Waals surface area contributed by atoms with Gasteiger partial charge < -0.3 is 4.74 Å². The second kappa shape index (κ2) is 5.82. The van der Waals surface area contributed by atoms with Crippen LogP contribution in [0.3, 0.4) is 0 Å². The van der Waals surface area contributed by atoms with E-state index >= 15 is 0 Å². The molecular weight excluding hydrogens is 250 g/mol. The normalized spacial score (nSPS) is 12.2. The van der Waals surface area contributed by atoms with E-state index in [1.807, 2.05) is 30.3 Å². The molecule has 18 heavy (non-hydrogen) atoms. The first-order chi connectivity index (χ1) is 8.76. The highest BCUT2D eigenvalue weighted by molar-refractivity contribution is 6.29. The molecule has 5 heteroatoms. The van der Waals surface area contributed by atoms with Crippen molar-refractivity contribution in [3.05, 3.63) is 58.9 Å². The summed E-state index contributed by atoms with van der Waals surface area (Å²) in [7, 11) is 1.63. The van der Waals surface area contributed by atoms with Crippen LogP contribution in [0.2, 0.25) is 5.15 Å². The molecule has 0 saturated carbocycles. The van der Waals surface area contributed by atoms with Crippen LogP contribution in [-0.4, -0.2) is 12.1 Å². The highest BCUT2D eigenvalue weighted by Gasteiger charge is 2.16. The van der Waals surface area contributed by atoms with Crippen LogP contribution in [0, 0.1) is 0 Å². The number of hydrazine groups is 1. The summed E-state index contributed by atoms with van der Waals surface area (Å²) >= 11 is 5.78. The van der Waals surface area contributed by atoms with E-state index in [1.165, 1.54) is 0 Å². The Morgan fingerprint density at radius 1 is 1.28 bits per heavy atom. The second-order valence-electron chi connectivity index (χ2n) is 3.76. The molecule has 4 nitrogen and oxygen atoms in total. The zero-order valence-electron chi connectivity index (χ0n) is 9.93. The number of methoxy groups -OCH3 is 1. The molecule has 0 bridgehead atoms. The quantitative estimate of drug-likeness (QED) is 0.505. The highest BCUT2D eigenvalue weighted by atomic mass is 35.5. The SMILES string of the molecule is COc1ccccc1C(NN)c1ccc(Cl)nc1. The summed E-state index contributed by atoms with van der Waals surface area (Å²) in [5, 5.41) is 0.453. The van der Waals surface area contributed by atoms with E-state index < -0.39 is 0 Å². The van der Waals surface area contributed by atoms with Gasteiger partial charge in [0.2, 0.25) is 0 Å². The van der Waals surface area contributed by atoms with Crippen molar-refractivity contribution < 1.29 is 4.74 Å². The Morgan fingerprint density at radius 2 is 2.06 bits per heavy atom. The number of hydrogen-bond donors (Lipinski definition) is 2. The molecule has 1 aromatic heterocycles. The second-order valence-corrected chi connectivity index (χ2v) is 4.14. The van der Waals surface area contributed by atoms with Crippen LogP contribution in [0.15, 0.2) is 42.6 Å². The topological polar surface area (TPSA) is 60.2 Å². The molecule has 1 aromatic carbocycles. The summed E-state index contributed by atoms with van der Waals surface area (Å²) < 4.78 is 5.33. The lowest BCUT2D eigenvalue weighted by Crippen LogP contribution is -2.29. The van der Waals surface area contributed by atoms with E-state index in [2.05, 4.69) is 10.4 Å². The molecule has 0 saturated heterocycles. The Kier molecular flexibility index (Phi) is 4.15. The first-order valence-corrected chi connectivity index (χ1v) is 5.84. The van der Waals surface area contributed by atoms with Crippen molar-refractivity contribution in [1.29, 1.82) is 0 Å². The Bertz CT molecular complexity index is 516. The van der Waals surface area contributed by atoms with Crippen molar-refractivity contribution >= 4 is 11.6 Å². The number of nitrogens with zero attached hydrogens (tertiary/aromatic N) is 1. The molecule has 0 aliphatic heterocycles. The fourth-order valence-corrected chi connectivity index (χ4v) is 1.94. The van der Waals surface area contributed by atoms with Gasteiger partial charge in [0.1, 0.15) is 10.9 Å². The monoisotopic (exact) mass is 263 g/mol. The van der Waals surface area contributed by atoms with Gasteiger partial charge in [-0.1, -0.05) is 35.9 Å². The van der Waals surface area contributed by atoms with Gasteiger partial charge in [-0.25, -0.2) is 10.4 Å². The van der Waals surface area contributed by atoms with Crippen molar-refractivity contribution in [2.75, 3.05) is 7.11 Å². The Hall–Kier alpha value is -1.62. The molecule has 2 rings (SSSR count). The number of aromatic nitrogens is 1. The van der Waals surface area contributed by atoms with Gasteiger partial charge in [-0.15, -0.1) is 0 Å². The number of nitrogens with one attached hydrogen (secondary N) is 1. The average Bonchev–Trinajstić information content (AvgIpc) is 2.42. The highest BCUT2D eigenvalue weighted by Crippen LogP contribution is 2.29. The number of hydrogen-bond acceptors (Lipinski definition) is 4. The summed E-state index contributed by atoms with van der Waals surface area (Å²) in [6.45, 7) is 0. The van der Waals surface area contributed by atoms with E-state index in [0.29, 0.717) is 5.15 Å². The maximum Gasteiger partial charge on any atom is 0.129 e. The molecule has 1 atom stereocenters. The van der Waals surface area contributed by atoms with E-state index in [1.54, 1.807) is 19.4 Å². The molecule has 3 N–H and O–H groups in total. The predicted molar refractivity (Wildman–Crippen MR) is 71.4 cm³/mol. The minimum Gasteiger partial charge on any atom is -0.496 e. The first-order valence-electron chi connectivity index (χ1n) is 5.46. The van der Waals surface area contributed by atoms with Crippen molar-refractivity contribution in [2.24, 2.45) is 5.84 Å². The molecule has 0 amide bonds. The third kappa shape index (κ3) is 2.61. The van der Waals surface area contributed by atoms with E-state index in [0.717, 1.165) is 16.9 Å².